The molecular weight excluding hydrogens is 196 g/mol. The van der Waals surface area contributed by atoms with Crippen LogP contribution < -0.4 is 5.73 Å². The van der Waals surface area contributed by atoms with Gasteiger partial charge in [-0.3, -0.25) is 0 Å². The molecule has 0 aliphatic rings. The number of hydrogen-bond acceptors (Lipinski definition) is 4. The molecule has 0 saturated heterocycles. The first-order valence-corrected chi connectivity index (χ1v) is 5.39. The minimum atomic E-state index is 0.367. The van der Waals surface area contributed by atoms with E-state index in [2.05, 4.69) is 5.16 Å². The van der Waals surface area contributed by atoms with E-state index in [1.807, 2.05) is 30.5 Å². The summed E-state index contributed by atoms with van der Waals surface area (Å²) in [6.45, 7) is 0. The van der Waals surface area contributed by atoms with Gasteiger partial charge in [0, 0.05) is 10.5 Å². The number of rotatable bonds is 2. The molecule has 0 aliphatic carbocycles. The van der Waals surface area contributed by atoms with Crippen molar-refractivity contribution in [2.75, 3.05) is 12.0 Å². The van der Waals surface area contributed by atoms with Gasteiger partial charge in [0.25, 0.3) is 0 Å². The summed E-state index contributed by atoms with van der Waals surface area (Å²) in [7, 11) is 0. The van der Waals surface area contributed by atoms with E-state index >= 15 is 0 Å². The van der Waals surface area contributed by atoms with Gasteiger partial charge in [-0.25, -0.2) is 0 Å². The quantitative estimate of drug-likeness (QED) is 0.767. The second-order valence-electron chi connectivity index (χ2n) is 2.80. The zero-order valence-corrected chi connectivity index (χ0v) is 8.54. The largest absolute Gasteiger partial charge is 0.367 e. The zero-order valence-electron chi connectivity index (χ0n) is 7.73. The minimum Gasteiger partial charge on any atom is -0.367 e. The molecule has 0 aliphatic heterocycles. The molecule has 72 valence electrons. The Bertz CT molecular complexity index is 439. The third-order valence-electron chi connectivity index (χ3n) is 2.00. The Morgan fingerprint density at radius 1 is 1.29 bits per heavy atom. The molecule has 0 spiro atoms. The second kappa shape index (κ2) is 3.75. The molecule has 0 atom stereocenters. The molecule has 4 heteroatoms. The fraction of sp³-hybridized carbons (Fsp3) is 0.100. The fourth-order valence-electron chi connectivity index (χ4n) is 1.32. The van der Waals surface area contributed by atoms with E-state index in [4.69, 9.17) is 10.3 Å². The van der Waals surface area contributed by atoms with Crippen LogP contribution in [0.3, 0.4) is 0 Å². The van der Waals surface area contributed by atoms with E-state index in [0.717, 1.165) is 11.1 Å². The van der Waals surface area contributed by atoms with Crippen molar-refractivity contribution >= 4 is 17.6 Å². The van der Waals surface area contributed by atoms with Crippen LogP contribution in [0.4, 0.5) is 5.88 Å². The normalized spacial score (nSPS) is 10.4. The molecule has 0 fully saturated rings. The van der Waals surface area contributed by atoms with Crippen LogP contribution >= 0.6 is 11.8 Å². The van der Waals surface area contributed by atoms with Gasteiger partial charge in [0.05, 0.1) is 11.8 Å². The molecule has 2 aromatic rings. The lowest BCUT2D eigenvalue weighted by molar-refractivity contribution is 0.436. The summed E-state index contributed by atoms with van der Waals surface area (Å²) < 4.78 is 4.84. The molecule has 14 heavy (non-hydrogen) atoms. The molecule has 0 unspecified atom stereocenters. The lowest BCUT2D eigenvalue weighted by atomic mass is 10.1. The molecule has 0 saturated carbocycles. The van der Waals surface area contributed by atoms with Crippen molar-refractivity contribution in [3.63, 3.8) is 0 Å². The predicted molar refractivity (Wildman–Crippen MR) is 58.1 cm³/mol. The van der Waals surface area contributed by atoms with E-state index in [-0.39, 0.29) is 0 Å². The lowest BCUT2D eigenvalue weighted by Crippen LogP contribution is -1.86. The lowest BCUT2D eigenvalue weighted by Gasteiger charge is -2.03. The summed E-state index contributed by atoms with van der Waals surface area (Å²) >= 11 is 1.68. The standard InChI is InChI=1S/C10H10N2OS/c1-14-9-5-3-2-4-7(9)8-6-12-13-10(8)11/h2-6H,11H2,1H3. The number of benzene rings is 1. The molecular formula is C10H10N2OS. The van der Waals surface area contributed by atoms with Crippen LogP contribution in [0.5, 0.6) is 0 Å². The first-order chi connectivity index (χ1) is 6.83. The van der Waals surface area contributed by atoms with Crippen molar-refractivity contribution in [3.05, 3.63) is 30.5 Å². The molecule has 1 heterocycles. The van der Waals surface area contributed by atoms with Crippen molar-refractivity contribution < 1.29 is 4.52 Å². The smallest absolute Gasteiger partial charge is 0.229 e. The maximum Gasteiger partial charge on any atom is 0.229 e. The van der Waals surface area contributed by atoms with Gasteiger partial charge in [0.2, 0.25) is 5.88 Å². The Hall–Kier alpha value is -1.42. The monoisotopic (exact) mass is 206 g/mol. The average Bonchev–Trinajstić information content (AvgIpc) is 2.64. The van der Waals surface area contributed by atoms with Crippen LogP contribution in [0.25, 0.3) is 11.1 Å². The minimum absolute atomic E-state index is 0.367. The van der Waals surface area contributed by atoms with E-state index in [9.17, 15) is 0 Å². The Morgan fingerprint density at radius 2 is 2.07 bits per heavy atom. The molecule has 2 rings (SSSR count). The van der Waals surface area contributed by atoms with Crippen LogP contribution in [0, 0.1) is 0 Å². The Kier molecular flexibility index (Phi) is 2.45. The van der Waals surface area contributed by atoms with E-state index < -0.39 is 0 Å². The van der Waals surface area contributed by atoms with Crippen LogP contribution in [0.2, 0.25) is 0 Å². The number of thioether (sulfide) groups is 1. The Morgan fingerprint density at radius 3 is 2.71 bits per heavy atom. The van der Waals surface area contributed by atoms with Crippen molar-refractivity contribution in [2.45, 2.75) is 4.90 Å². The summed E-state index contributed by atoms with van der Waals surface area (Å²) in [6.07, 6.45) is 3.67. The first-order valence-electron chi connectivity index (χ1n) is 4.16. The SMILES string of the molecule is CSc1ccccc1-c1cnoc1N. The van der Waals surface area contributed by atoms with Crippen LogP contribution in [-0.2, 0) is 0 Å². The van der Waals surface area contributed by atoms with Gasteiger partial charge in [-0.05, 0) is 12.3 Å². The maximum atomic E-state index is 5.66. The summed E-state index contributed by atoms with van der Waals surface area (Å²) in [4.78, 5) is 1.17. The molecule has 1 aromatic heterocycles. The molecule has 0 amide bonds. The molecule has 3 nitrogen and oxygen atoms in total. The molecule has 2 N–H and O–H groups in total. The highest BCUT2D eigenvalue weighted by Crippen LogP contribution is 2.32. The average molecular weight is 206 g/mol. The number of nitrogens with two attached hydrogens (primary N) is 1. The van der Waals surface area contributed by atoms with E-state index in [0.29, 0.717) is 5.88 Å². The van der Waals surface area contributed by atoms with Gasteiger partial charge >= 0.3 is 0 Å². The van der Waals surface area contributed by atoms with Crippen molar-refractivity contribution in [1.29, 1.82) is 0 Å². The zero-order chi connectivity index (χ0) is 9.97. The van der Waals surface area contributed by atoms with Gasteiger partial charge in [-0.2, -0.15) is 0 Å². The third kappa shape index (κ3) is 1.48. The third-order valence-corrected chi connectivity index (χ3v) is 2.79. The van der Waals surface area contributed by atoms with Gasteiger partial charge in [0.15, 0.2) is 0 Å². The van der Waals surface area contributed by atoms with Crippen LogP contribution in [-0.4, -0.2) is 11.4 Å². The fourth-order valence-corrected chi connectivity index (χ4v) is 1.93. The molecule has 1 aromatic carbocycles. The second-order valence-corrected chi connectivity index (χ2v) is 3.65. The number of nitrogen functional groups attached to an aromatic ring is 1. The van der Waals surface area contributed by atoms with Crippen molar-refractivity contribution in [3.8, 4) is 11.1 Å². The van der Waals surface area contributed by atoms with Gasteiger partial charge in [-0.1, -0.05) is 23.4 Å². The molecule has 0 bridgehead atoms. The Balaban J connectivity index is 2.56. The van der Waals surface area contributed by atoms with Gasteiger partial charge in [-0.15, -0.1) is 11.8 Å². The topological polar surface area (TPSA) is 52.0 Å². The van der Waals surface area contributed by atoms with E-state index in [1.54, 1.807) is 18.0 Å². The van der Waals surface area contributed by atoms with E-state index in [1.165, 1.54) is 4.90 Å². The number of aromatic nitrogens is 1. The summed E-state index contributed by atoms with van der Waals surface area (Å²) in [5.41, 5.74) is 7.58. The summed E-state index contributed by atoms with van der Waals surface area (Å²) in [5.74, 6) is 0.367. The van der Waals surface area contributed by atoms with Crippen LogP contribution in [0.15, 0.2) is 39.9 Å². The number of nitrogens with zero attached hydrogens (tertiary/aromatic N) is 1. The number of anilines is 1. The number of hydrogen-bond donors (Lipinski definition) is 1. The maximum absolute atomic E-state index is 5.66. The summed E-state index contributed by atoms with van der Waals surface area (Å²) in [5, 5.41) is 3.66. The van der Waals surface area contributed by atoms with Crippen LogP contribution in [0.1, 0.15) is 0 Å². The molecule has 0 radical (unpaired) electrons. The van der Waals surface area contributed by atoms with Gasteiger partial charge < -0.3 is 10.3 Å². The van der Waals surface area contributed by atoms with Crippen molar-refractivity contribution in [1.82, 2.24) is 5.16 Å². The summed E-state index contributed by atoms with van der Waals surface area (Å²) in [6, 6.07) is 8.03. The highest BCUT2D eigenvalue weighted by atomic mass is 32.2. The van der Waals surface area contributed by atoms with Crippen molar-refractivity contribution in [2.24, 2.45) is 0 Å². The Labute approximate surface area is 86.3 Å². The highest BCUT2D eigenvalue weighted by molar-refractivity contribution is 7.98. The predicted octanol–water partition coefficient (Wildman–Crippen LogP) is 2.65. The highest BCUT2D eigenvalue weighted by Gasteiger charge is 2.09. The first kappa shape index (κ1) is 9.15. The van der Waals surface area contributed by atoms with Gasteiger partial charge in [0.1, 0.15) is 0 Å².